The molecule has 3 aromatic rings. The first kappa shape index (κ1) is 16.6. The number of rotatable bonds is 5. The van der Waals surface area contributed by atoms with Crippen molar-refractivity contribution in [2.24, 2.45) is 0 Å². The fraction of sp³-hybridized carbons (Fsp3) is 0.353. The van der Waals surface area contributed by atoms with E-state index in [-0.39, 0.29) is 11.9 Å². The van der Waals surface area contributed by atoms with E-state index in [0.29, 0.717) is 18.8 Å². The van der Waals surface area contributed by atoms with Gasteiger partial charge in [0.15, 0.2) is 0 Å². The lowest BCUT2D eigenvalue weighted by molar-refractivity contribution is -0.127. The summed E-state index contributed by atoms with van der Waals surface area (Å²) in [5, 5.41) is 8.04. The number of carbonyl (C=O) groups excluding carboxylic acids is 2. The normalized spacial score (nSPS) is 17.3. The van der Waals surface area contributed by atoms with Gasteiger partial charge >= 0.3 is 6.03 Å². The van der Waals surface area contributed by atoms with Gasteiger partial charge in [-0.05, 0) is 31.5 Å². The average Bonchev–Trinajstić information content (AvgIpc) is 3.28. The number of benzene rings is 1. The molecule has 4 rings (SSSR count). The maximum atomic E-state index is 12.4. The SMILES string of the molecule is CCCN1C(=O)N[C@@H](Cc2ncnn2-c2ccc3nc(C)sc3c2)C1=O. The smallest absolute Gasteiger partial charge is 0.324 e. The van der Waals surface area contributed by atoms with Crippen molar-refractivity contribution in [3.05, 3.63) is 35.4 Å². The maximum absolute atomic E-state index is 12.4. The average molecular weight is 370 g/mol. The molecular formula is C17H18N6O2S. The van der Waals surface area contributed by atoms with Crippen LogP contribution in [-0.2, 0) is 11.2 Å². The van der Waals surface area contributed by atoms with Crippen LogP contribution < -0.4 is 5.32 Å². The van der Waals surface area contributed by atoms with Crippen molar-refractivity contribution >= 4 is 33.5 Å². The molecule has 1 aliphatic rings. The van der Waals surface area contributed by atoms with Gasteiger partial charge in [0, 0.05) is 13.0 Å². The number of thiazole rings is 1. The molecule has 1 fully saturated rings. The molecule has 134 valence electrons. The van der Waals surface area contributed by atoms with E-state index in [2.05, 4.69) is 20.4 Å². The van der Waals surface area contributed by atoms with Crippen LogP contribution in [0, 0.1) is 6.92 Å². The number of nitrogens with one attached hydrogen (secondary N) is 1. The van der Waals surface area contributed by atoms with Crippen molar-refractivity contribution in [3.8, 4) is 5.69 Å². The molecule has 1 N–H and O–H groups in total. The van der Waals surface area contributed by atoms with E-state index in [9.17, 15) is 9.59 Å². The second kappa shape index (κ2) is 6.49. The van der Waals surface area contributed by atoms with Crippen molar-refractivity contribution in [1.82, 2.24) is 30.0 Å². The van der Waals surface area contributed by atoms with Crippen LogP contribution in [0.5, 0.6) is 0 Å². The third kappa shape index (κ3) is 2.84. The summed E-state index contributed by atoms with van der Waals surface area (Å²) in [7, 11) is 0. The summed E-state index contributed by atoms with van der Waals surface area (Å²) in [5.74, 6) is 0.419. The largest absolute Gasteiger partial charge is 0.325 e. The Bertz CT molecular complexity index is 994. The summed E-state index contributed by atoms with van der Waals surface area (Å²) in [6.07, 6.45) is 2.49. The van der Waals surface area contributed by atoms with E-state index in [0.717, 1.165) is 27.3 Å². The number of aromatic nitrogens is 4. The second-order valence-corrected chi connectivity index (χ2v) is 7.40. The van der Waals surface area contributed by atoms with Crippen molar-refractivity contribution in [2.75, 3.05) is 6.54 Å². The lowest BCUT2D eigenvalue weighted by Crippen LogP contribution is -2.33. The summed E-state index contributed by atoms with van der Waals surface area (Å²) in [6.45, 7) is 4.33. The standard InChI is InChI=1S/C17H18N6O2S/c1-3-6-22-16(24)13(21-17(22)25)8-15-18-9-19-23(15)11-4-5-12-14(7-11)26-10(2)20-12/h4-5,7,9,13H,3,6,8H2,1-2H3,(H,21,25)/t13-/m0/s1. The van der Waals surface area contributed by atoms with Crippen molar-refractivity contribution < 1.29 is 9.59 Å². The van der Waals surface area contributed by atoms with Crippen molar-refractivity contribution in [2.45, 2.75) is 32.7 Å². The van der Waals surface area contributed by atoms with Gasteiger partial charge in [-0.25, -0.2) is 19.4 Å². The fourth-order valence-corrected chi connectivity index (χ4v) is 3.97. The summed E-state index contributed by atoms with van der Waals surface area (Å²) in [5.41, 5.74) is 1.81. The minimum absolute atomic E-state index is 0.208. The number of hydrogen-bond acceptors (Lipinski definition) is 6. The molecule has 1 saturated heterocycles. The van der Waals surface area contributed by atoms with Gasteiger partial charge in [-0.1, -0.05) is 6.92 Å². The lowest BCUT2D eigenvalue weighted by atomic mass is 10.2. The highest BCUT2D eigenvalue weighted by molar-refractivity contribution is 7.18. The third-order valence-electron chi connectivity index (χ3n) is 4.28. The van der Waals surface area contributed by atoms with E-state index in [1.807, 2.05) is 32.0 Å². The highest BCUT2D eigenvalue weighted by Gasteiger charge is 2.38. The van der Waals surface area contributed by atoms with Crippen LogP contribution >= 0.6 is 11.3 Å². The van der Waals surface area contributed by atoms with E-state index in [4.69, 9.17) is 0 Å². The van der Waals surface area contributed by atoms with Crippen LogP contribution in [0.3, 0.4) is 0 Å². The molecule has 1 aromatic carbocycles. The zero-order valence-corrected chi connectivity index (χ0v) is 15.3. The number of aryl methyl sites for hydroxylation is 1. The van der Waals surface area contributed by atoms with E-state index < -0.39 is 6.04 Å². The first-order valence-electron chi connectivity index (χ1n) is 8.45. The van der Waals surface area contributed by atoms with Gasteiger partial charge in [0.1, 0.15) is 18.2 Å². The zero-order valence-electron chi connectivity index (χ0n) is 14.5. The Hall–Kier alpha value is -2.81. The minimum Gasteiger partial charge on any atom is -0.325 e. The van der Waals surface area contributed by atoms with Gasteiger partial charge in [-0.3, -0.25) is 9.69 Å². The molecule has 2 aromatic heterocycles. The number of urea groups is 1. The Labute approximate surface area is 153 Å². The Morgan fingerprint density at radius 3 is 2.96 bits per heavy atom. The van der Waals surface area contributed by atoms with Gasteiger partial charge < -0.3 is 5.32 Å². The molecule has 0 aliphatic carbocycles. The Balaban J connectivity index is 1.60. The van der Waals surface area contributed by atoms with Crippen molar-refractivity contribution in [3.63, 3.8) is 0 Å². The Morgan fingerprint density at radius 1 is 1.31 bits per heavy atom. The molecule has 0 bridgehead atoms. The molecule has 3 amide bonds. The number of nitrogens with zero attached hydrogens (tertiary/aromatic N) is 5. The topological polar surface area (TPSA) is 93.0 Å². The second-order valence-electron chi connectivity index (χ2n) is 6.17. The first-order valence-corrected chi connectivity index (χ1v) is 9.27. The van der Waals surface area contributed by atoms with E-state index in [1.54, 1.807) is 16.0 Å². The summed E-state index contributed by atoms with van der Waals surface area (Å²) in [6, 6.07) is 4.95. The predicted molar refractivity (Wildman–Crippen MR) is 97.3 cm³/mol. The number of carbonyl (C=O) groups is 2. The molecule has 1 aliphatic heterocycles. The molecule has 0 spiro atoms. The molecule has 8 nitrogen and oxygen atoms in total. The number of fused-ring (bicyclic) bond motifs is 1. The van der Waals surface area contributed by atoms with Gasteiger partial charge in [0.05, 0.1) is 20.9 Å². The third-order valence-corrected chi connectivity index (χ3v) is 5.22. The lowest BCUT2D eigenvalue weighted by Gasteiger charge is -2.11. The summed E-state index contributed by atoms with van der Waals surface area (Å²) >= 11 is 1.62. The highest BCUT2D eigenvalue weighted by Crippen LogP contribution is 2.24. The number of amides is 3. The molecular weight excluding hydrogens is 352 g/mol. The predicted octanol–water partition coefficient (Wildman–Crippen LogP) is 2.06. The first-order chi connectivity index (χ1) is 12.6. The van der Waals surface area contributed by atoms with Gasteiger partial charge in [-0.15, -0.1) is 11.3 Å². The number of hydrogen-bond donors (Lipinski definition) is 1. The molecule has 26 heavy (non-hydrogen) atoms. The molecule has 3 heterocycles. The van der Waals surface area contributed by atoms with Gasteiger partial charge in [0.25, 0.3) is 5.91 Å². The van der Waals surface area contributed by atoms with Gasteiger partial charge in [-0.2, -0.15) is 5.10 Å². The van der Waals surface area contributed by atoms with Crippen LogP contribution in [0.25, 0.3) is 15.9 Å². The van der Waals surface area contributed by atoms with Crippen LogP contribution in [0.15, 0.2) is 24.5 Å². The summed E-state index contributed by atoms with van der Waals surface area (Å²) in [4.78, 5) is 34.4. The van der Waals surface area contributed by atoms with Crippen molar-refractivity contribution in [1.29, 1.82) is 0 Å². The van der Waals surface area contributed by atoms with Crippen LogP contribution in [0.4, 0.5) is 4.79 Å². The quantitative estimate of drug-likeness (QED) is 0.694. The van der Waals surface area contributed by atoms with Crippen LogP contribution in [0.2, 0.25) is 0 Å². The summed E-state index contributed by atoms with van der Waals surface area (Å²) < 4.78 is 2.77. The zero-order chi connectivity index (χ0) is 18.3. The Morgan fingerprint density at radius 2 is 2.15 bits per heavy atom. The Kier molecular flexibility index (Phi) is 4.15. The monoisotopic (exact) mass is 370 g/mol. The fourth-order valence-electron chi connectivity index (χ4n) is 3.11. The molecule has 0 unspecified atom stereocenters. The molecule has 9 heteroatoms. The highest BCUT2D eigenvalue weighted by atomic mass is 32.1. The number of imide groups is 1. The molecule has 0 saturated carbocycles. The van der Waals surface area contributed by atoms with Crippen LogP contribution in [0.1, 0.15) is 24.2 Å². The van der Waals surface area contributed by atoms with E-state index >= 15 is 0 Å². The molecule has 0 radical (unpaired) electrons. The van der Waals surface area contributed by atoms with Gasteiger partial charge in [0.2, 0.25) is 0 Å². The maximum Gasteiger partial charge on any atom is 0.324 e. The minimum atomic E-state index is -0.605. The van der Waals surface area contributed by atoms with E-state index in [1.165, 1.54) is 11.2 Å². The van der Waals surface area contributed by atoms with Crippen LogP contribution in [-0.4, -0.2) is 49.2 Å². The molecule has 1 atom stereocenters.